The molecular formula is C12H17NO3S. The molecule has 17 heavy (non-hydrogen) atoms. The monoisotopic (exact) mass is 255 g/mol. The molecule has 0 heterocycles. The molecule has 5 heteroatoms. The first-order valence-electron chi connectivity index (χ1n) is 5.47. The molecule has 4 nitrogen and oxygen atoms in total. The van der Waals surface area contributed by atoms with Gasteiger partial charge in [-0.05, 0) is 30.7 Å². The lowest BCUT2D eigenvalue weighted by molar-refractivity contribution is 0.0955. The third-order valence-corrected chi connectivity index (χ3v) is 3.70. The zero-order valence-corrected chi connectivity index (χ0v) is 10.8. The second kappa shape index (κ2) is 6.39. The SMILES string of the molecule is CCS(=O)CCNC(=O)c1ccc(O)cc1C. The molecule has 94 valence electrons. The van der Waals surface area contributed by atoms with Gasteiger partial charge in [0.25, 0.3) is 5.91 Å². The molecule has 0 aliphatic rings. The molecule has 0 aromatic heterocycles. The molecule has 1 unspecified atom stereocenters. The van der Waals surface area contributed by atoms with Crippen molar-refractivity contribution in [2.24, 2.45) is 0 Å². The number of hydrogen-bond acceptors (Lipinski definition) is 3. The van der Waals surface area contributed by atoms with Gasteiger partial charge >= 0.3 is 0 Å². The fourth-order valence-corrected chi connectivity index (χ4v) is 2.04. The molecule has 1 atom stereocenters. The minimum absolute atomic E-state index is 0.145. The van der Waals surface area contributed by atoms with Gasteiger partial charge in [0, 0.05) is 34.4 Å². The van der Waals surface area contributed by atoms with Gasteiger partial charge in [0.05, 0.1) is 0 Å². The first-order valence-corrected chi connectivity index (χ1v) is 6.96. The topological polar surface area (TPSA) is 66.4 Å². The van der Waals surface area contributed by atoms with Crippen molar-refractivity contribution in [1.82, 2.24) is 5.32 Å². The summed E-state index contributed by atoms with van der Waals surface area (Å²) in [7, 11) is -0.864. The lowest BCUT2D eigenvalue weighted by Gasteiger charge is -2.07. The van der Waals surface area contributed by atoms with E-state index in [0.29, 0.717) is 23.6 Å². The van der Waals surface area contributed by atoms with E-state index in [1.807, 2.05) is 6.92 Å². The minimum Gasteiger partial charge on any atom is -0.508 e. The van der Waals surface area contributed by atoms with Gasteiger partial charge in [-0.2, -0.15) is 0 Å². The molecule has 0 saturated carbocycles. The van der Waals surface area contributed by atoms with E-state index in [0.717, 1.165) is 5.56 Å². The number of amides is 1. The van der Waals surface area contributed by atoms with Gasteiger partial charge in [-0.3, -0.25) is 9.00 Å². The molecule has 2 N–H and O–H groups in total. The molecule has 0 spiro atoms. The van der Waals surface area contributed by atoms with Crippen LogP contribution in [-0.2, 0) is 10.8 Å². The number of aryl methyl sites for hydroxylation is 1. The zero-order chi connectivity index (χ0) is 12.8. The minimum atomic E-state index is -0.864. The van der Waals surface area contributed by atoms with E-state index in [-0.39, 0.29) is 11.7 Å². The normalized spacial score (nSPS) is 12.1. The first-order chi connectivity index (χ1) is 8.04. The van der Waals surface area contributed by atoms with Crippen molar-refractivity contribution in [2.75, 3.05) is 18.1 Å². The van der Waals surface area contributed by atoms with Crippen molar-refractivity contribution >= 4 is 16.7 Å². The van der Waals surface area contributed by atoms with Crippen molar-refractivity contribution in [2.45, 2.75) is 13.8 Å². The molecule has 0 fully saturated rings. The molecule has 0 radical (unpaired) electrons. The fourth-order valence-electron chi connectivity index (χ4n) is 1.42. The zero-order valence-electron chi connectivity index (χ0n) is 10.0. The van der Waals surface area contributed by atoms with Crippen molar-refractivity contribution in [1.29, 1.82) is 0 Å². The van der Waals surface area contributed by atoms with Crippen LogP contribution in [0.25, 0.3) is 0 Å². The van der Waals surface area contributed by atoms with Gasteiger partial charge in [0.1, 0.15) is 5.75 Å². The molecule has 0 aliphatic carbocycles. The summed E-state index contributed by atoms with van der Waals surface area (Å²) in [4.78, 5) is 11.8. The molecular weight excluding hydrogens is 238 g/mol. The number of carbonyl (C=O) groups excluding carboxylic acids is 1. The summed E-state index contributed by atoms with van der Waals surface area (Å²) in [5.74, 6) is 1.02. The quantitative estimate of drug-likeness (QED) is 0.831. The highest BCUT2D eigenvalue weighted by Gasteiger charge is 2.08. The van der Waals surface area contributed by atoms with Gasteiger partial charge in [-0.25, -0.2) is 0 Å². The Morgan fingerprint density at radius 3 is 2.76 bits per heavy atom. The first kappa shape index (κ1) is 13.7. The van der Waals surface area contributed by atoms with Crippen LogP contribution >= 0.6 is 0 Å². The van der Waals surface area contributed by atoms with Crippen LogP contribution in [0.4, 0.5) is 0 Å². The number of phenols is 1. The van der Waals surface area contributed by atoms with E-state index >= 15 is 0 Å². The van der Waals surface area contributed by atoms with Gasteiger partial charge in [-0.15, -0.1) is 0 Å². The largest absolute Gasteiger partial charge is 0.508 e. The number of rotatable bonds is 5. The van der Waals surface area contributed by atoms with E-state index in [1.54, 1.807) is 19.1 Å². The predicted octanol–water partition coefficient (Wildman–Crippen LogP) is 1.20. The van der Waals surface area contributed by atoms with E-state index < -0.39 is 10.8 Å². The van der Waals surface area contributed by atoms with Gasteiger partial charge in [-0.1, -0.05) is 6.92 Å². The summed E-state index contributed by atoms with van der Waals surface area (Å²) >= 11 is 0. The molecule has 1 rings (SSSR count). The van der Waals surface area contributed by atoms with Crippen LogP contribution in [0.2, 0.25) is 0 Å². The maximum absolute atomic E-state index is 11.8. The van der Waals surface area contributed by atoms with E-state index in [4.69, 9.17) is 0 Å². The highest BCUT2D eigenvalue weighted by Crippen LogP contribution is 2.15. The number of aromatic hydroxyl groups is 1. The summed E-state index contributed by atoms with van der Waals surface area (Å²) in [6, 6.07) is 4.60. The maximum atomic E-state index is 11.8. The fraction of sp³-hybridized carbons (Fsp3) is 0.417. The smallest absolute Gasteiger partial charge is 0.251 e. The number of phenolic OH excluding ortho intramolecular Hbond substituents is 1. The highest BCUT2D eigenvalue weighted by atomic mass is 32.2. The number of carbonyl (C=O) groups is 1. The van der Waals surface area contributed by atoms with E-state index in [9.17, 15) is 14.1 Å². The number of hydrogen-bond donors (Lipinski definition) is 2. The third-order valence-electron chi connectivity index (χ3n) is 2.39. The molecule has 1 aromatic rings. The Labute approximate surface area is 104 Å². The second-order valence-electron chi connectivity index (χ2n) is 3.69. The standard InChI is InChI=1S/C12H17NO3S/c1-3-17(16)7-6-13-12(15)11-5-4-10(14)8-9(11)2/h4-5,8,14H,3,6-7H2,1-2H3,(H,13,15). The van der Waals surface area contributed by atoms with Crippen molar-refractivity contribution < 1.29 is 14.1 Å². The number of benzene rings is 1. The Morgan fingerprint density at radius 1 is 1.47 bits per heavy atom. The van der Waals surface area contributed by atoms with Crippen molar-refractivity contribution in [3.05, 3.63) is 29.3 Å². The van der Waals surface area contributed by atoms with E-state index in [1.165, 1.54) is 6.07 Å². The Morgan fingerprint density at radius 2 is 2.18 bits per heavy atom. The van der Waals surface area contributed by atoms with Crippen LogP contribution in [0, 0.1) is 6.92 Å². The van der Waals surface area contributed by atoms with Crippen molar-refractivity contribution in [3.8, 4) is 5.75 Å². The van der Waals surface area contributed by atoms with Crippen LogP contribution in [0.3, 0.4) is 0 Å². The molecule has 0 saturated heterocycles. The lowest BCUT2D eigenvalue weighted by atomic mass is 10.1. The Balaban J connectivity index is 2.55. The lowest BCUT2D eigenvalue weighted by Crippen LogP contribution is -2.28. The summed E-state index contributed by atoms with van der Waals surface area (Å²) in [6.45, 7) is 4.01. The van der Waals surface area contributed by atoms with Gasteiger partial charge in [0.15, 0.2) is 0 Å². The van der Waals surface area contributed by atoms with Crippen LogP contribution in [0.5, 0.6) is 5.75 Å². The predicted molar refractivity (Wildman–Crippen MR) is 68.7 cm³/mol. The summed E-state index contributed by atoms with van der Waals surface area (Å²) in [5, 5.41) is 11.9. The summed E-state index contributed by atoms with van der Waals surface area (Å²) in [6.07, 6.45) is 0. The van der Waals surface area contributed by atoms with Gasteiger partial charge < -0.3 is 10.4 Å². The number of nitrogens with one attached hydrogen (secondary N) is 1. The van der Waals surface area contributed by atoms with Crippen LogP contribution in [-0.4, -0.2) is 33.3 Å². The molecule has 1 aromatic carbocycles. The molecule has 0 aliphatic heterocycles. The van der Waals surface area contributed by atoms with Crippen LogP contribution in [0.15, 0.2) is 18.2 Å². The average Bonchev–Trinajstić information content (AvgIpc) is 2.28. The van der Waals surface area contributed by atoms with E-state index in [2.05, 4.69) is 5.32 Å². The third kappa shape index (κ3) is 4.19. The Hall–Kier alpha value is -1.36. The van der Waals surface area contributed by atoms with Crippen molar-refractivity contribution in [3.63, 3.8) is 0 Å². The second-order valence-corrected chi connectivity index (χ2v) is 5.55. The van der Waals surface area contributed by atoms with Crippen LogP contribution in [0.1, 0.15) is 22.8 Å². The summed E-state index contributed by atoms with van der Waals surface area (Å²) in [5.41, 5.74) is 1.25. The molecule has 1 amide bonds. The Kier molecular flexibility index (Phi) is 5.15. The Bertz CT molecular complexity index is 432. The average molecular weight is 255 g/mol. The molecule has 0 bridgehead atoms. The van der Waals surface area contributed by atoms with Crippen LogP contribution < -0.4 is 5.32 Å². The highest BCUT2D eigenvalue weighted by molar-refractivity contribution is 7.84. The summed E-state index contributed by atoms with van der Waals surface area (Å²) < 4.78 is 11.2. The van der Waals surface area contributed by atoms with Gasteiger partial charge in [0.2, 0.25) is 0 Å². The maximum Gasteiger partial charge on any atom is 0.251 e.